The summed E-state index contributed by atoms with van der Waals surface area (Å²) >= 11 is 0. The number of hydrogen-bond acceptors (Lipinski definition) is 3. The first-order chi connectivity index (χ1) is 3.50. The van der Waals surface area contributed by atoms with Gasteiger partial charge < -0.3 is 10.2 Å². The van der Waals surface area contributed by atoms with Crippen LogP contribution in [-0.2, 0) is 4.57 Å². The molecule has 3 N–H and O–H groups in total. The Labute approximate surface area is 47.0 Å². The lowest BCUT2D eigenvalue weighted by atomic mass is 10.6. The van der Waals surface area contributed by atoms with Crippen LogP contribution in [0.2, 0.25) is 0 Å². The summed E-state index contributed by atoms with van der Waals surface area (Å²) < 4.78 is 9.83. The van der Waals surface area contributed by atoms with Gasteiger partial charge in [0.15, 0.2) is 0 Å². The van der Waals surface area contributed by atoms with E-state index in [0.717, 1.165) is 0 Å². The summed E-state index contributed by atoms with van der Waals surface area (Å²) in [5.74, 6) is 0. The van der Waals surface area contributed by atoms with Crippen LogP contribution in [-0.4, -0.2) is 20.6 Å². The second kappa shape index (κ2) is 2.33. The van der Waals surface area contributed by atoms with Gasteiger partial charge in [-0.3, -0.25) is 0 Å². The van der Waals surface area contributed by atoms with E-state index in [9.17, 15) is 4.57 Å². The normalized spacial score (nSPS) is 13.1. The van der Waals surface area contributed by atoms with E-state index in [0.29, 0.717) is 6.08 Å². The van der Waals surface area contributed by atoms with Crippen molar-refractivity contribution >= 4 is 8.03 Å². The lowest BCUT2D eigenvalue weighted by Crippen LogP contribution is -2.18. The fourth-order valence-corrected chi connectivity index (χ4v) is 0.234. The molecule has 1 atom stereocenters. The summed E-state index contributed by atoms with van der Waals surface area (Å²) in [5, 5.41) is 16.6. The Morgan fingerprint density at radius 2 is 2.00 bits per heavy atom. The van der Waals surface area contributed by atoms with E-state index in [1.54, 1.807) is 0 Å². The Morgan fingerprint density at radius 1 is 1.62 bits per heavy atom. The molecule has 0 aliphatic carbocycles. The van der Waals surface area contributed by atoms with Crippen LogP contribution < -0.4 is 0 Å². The predicted octanol–water partition coefficient (Wildman–Crippen LogP) is -0.455. The average molecular weight is 137 g/mol. The third-order valence-electron chi connectivity index (χ3n) is 0.555. The van der Waals surface area contributed by atoms with Crippen molar-refractivity contribution in [1.82, 2.24) is 0 Å². The summed E-state index contributed by atoms with van der Waals surface area (Å²) in [5.41, 5.74) is -2.63. The van der Waals surface area contributed by atoms with Crippen LogP contribution in [0.4, 0.5) is 0 Å². The van der Waals surface area contributed by atoms with E-state index < -0.39 is 13.6 Å². The quantitative estimate of drug-likeness (QED) is 0.273. The minimum atomic E-state index is -3.00. The van der Waals surface area contributed by atoms with Crippen LogP contribution >= 0.6 is 8.03 Å². The molecule has 0 aliphatic rings. The molecule has 0 amide bonds. The van der Waals surface area contributed by atoms with Crippen molar-refractivity contribution in [2.75, 3.05) is 0 Å². The fourth-order valence-electron chi connectivity index (χ4n) is 0.0781. The van der Waals surface area contributed by atoms with Gasteiger partial charge in [-0.1, -0.05) is 6.58 Å². The van der Waals surface area contributed by atoms with Crippen LogP contribution in [0.5, 0.6) is 0 Å². The summed E-state index contributed by atoms with van der Waals surface area (Å²) in [4.78, 5) is 8.02. The van der Waals surface area contributed by atoms with Crippen molar-refractivity contribution < 1.29 is 19.7 Å². The minimum Gasteiger partial charge on any atom is -0.320 e. The molecule has 0 aromatic heterocycles. The van der Waals surface area contributed by atoms with Gasteiger partial charge in [0.2, 0.25) is 0 Å². The lowest BCUT2D eigenvalue weighted by molar-refractivity contribution is -0.0476. The van der Waals surface area contributed by atoms with E-state index in [4.69, 9.17) is 15.1 Å². The molecule has 8 heavy (non-hydrogen) atoms. The highest BCUT2D eigenvalue weighted by atomic mass is 31.1. The van der Waals surface area contributed by atoms with Gasteiger partial charge in [0.05, 0.1) is 0 Å². The molecule has 0 rings (SSSR count). The fraction of sp³-hybridized carbons (Fsp3) is 0.333. The van der Waals surface area contributed by atoms with Crippen molar-refractivity contribution in [1.29, 1.82) is 0 Å². The second-order valence-electron chi connectivity index (χ2n) is 1.16. The molecule has 0 heterocycles. The highest BCUT2D eigenvalue weighted by Gasteiger charge is 2.42. The molecule has 0 aromatic rings. The molecule has 46 valence electrons. The van der Waals surface area contributed by atoms with E-state index >= 15 is 0 Å². The molecule has 5 heteroatoms. The van der Waals surface area contributed by atoms with E-state index in [1.807, 2.05) is 0 Å². The first-order valence-electron chi connectivity index (χ1n) is 1.75. The van der Waals surface area contributed by atoms with Crippen molar-refractivity contribution in [3.63, 3.8) is 0 Å². The Bertz CT molecular complexity index is 118. The van der Waals surface area contributed by atoms with Crippen molar-refractivity contribution in [3.05, 3.63) is 12.7 Å². The summed E-state index contributed by atoms with van der Waals surface area (Å²) in [6, 6.07) is 0. The topological polar surface area (TPSA) is 77.8 Å². The van der Waals surface area contributed by atoms with Crippen molar-refractivity contribution in [2.24, 2.45) is 0 Å². The molecular weight excluding hydrogens is 131 g/mol. The third kappa shape index (κ3) is 1.68. The molecule has 0 spiro atoms. The molecule has 0 bridgehead atoms. The summed E-state index contributed by atoms with van der Waals surface area (Å²) in [6.07, 6.45) is 0.589. The van der Waals surface area contributed by atoms with Gasteiger partial charge in [0.1, 0.15) is 0 Å². The molecule has 0 saturated carbocycles. The first kappa shape index (κ1) is 7.72. The predicted molar refractivity (Wildman–Crippen MR) is 27.2 cm³/mol. The van der Waals surface area contributed by atoms with Gasteiger partial charge in [-0.05, 0) is 4.57 Å². The first-order valence-corrected chi connectivity index (χ1v) is 2.96. The molecule has 0 radical (unpaired) electrons. The van der Waals surface area contributed by atoms with Crippen molar-refractivity contribution in [3.8, 4) is 0 Å². The van der Waals surface area contributed by atoms with Gasteiger partial charge in [-0.25, -0.2) is 0 Å². The standard InChI is InChI=1S/C3H5O4P/c1-2-3(4,5)8(6)7/h2,4-5H,1H2/p+1. The van der Waals surface area contributed by atoms with E-state index in [2.05, 4.69) is 6.58 Å². The molecule has 0 fully saturated rings. The molecule has 0 aromatic carbocycles. The van der Waals surface area contributed by atoms with Crippen LogP contribution in [0.25, 0.3) is 0 Å². The summed E-state index contributed by atoms with van der Waals surface area (Å²) in [7, 11) is -3.00. The number of rotatable bonds is 2. The Balaban J connectivity index is 4.12. The van der Waals surface area contributed by atoms with Crippen molar-refractivity contribution in [2.45, 2.75) is 5.53 Å². The van der Waals surface area contributed by atoms with E-state index in [1.165, 1.54) is 0 Å². The third-order valence-corrected chi connectivity index (χ3v) is 1.30. The van der Waals surface area contributed by atoms with Gasteiger partial charge in [0.25, 0.3) is 0 Å². The number of aliphatic hydroxyl groups is 2. The molecule has 0 aliphatic heterocycles. The maximum Gasteiger partial charge on any atom is 0.577 e. The van der Waals surface area contributed by atoms with Crippen LogP contribution in [0.15, 0.2) is 12.7 Å². The molecule has 1 unspecified atom stereocenters. The minimum absolute atomic E-state index is 0.589. The maximum absolute atomic E-state index is 9.83. The van der Waals surface area contributed by atoms with Gasteiger partial charge >= 0.3 is 13.6 Å². The smallest absolute Gasteiger partial charge is 0.320 e. The monoisotopic (exact) mass is 137 g/mol. The van der Waals surface area contributed by atoms with Crippen LogP contribution in [0.3, 0.4) is 0 Å². The Hall–Kier alpha value is -0.280. The highest BCUT2D eigenvalue weighted by molar-refractivity contribution is 7.39. The van der Waals surface area contributed by atoms with Gasteiger partial charge in [-0.2, -0.15) is 4.89 Å². The Morgan fingerprint density at radius 3 is 2.00 bits per heavy atom. The molecule has 4 nitrogen and oxygen atoms in total. The van der Waals surface area contributed by atoms with E-state index in [-0.39, 0.29) is 0 Å². The SMILES string of the molecule is C=CC(O)(O)[P+](=O)O. The number of hydrogen-bond donors (Lipinski definition) is 3. The van der Waals surface area contributed by atoms with Gasteiger partial charge in [0, 0.05) is 6.08 Å². The zero-order chi connectivity index (χ0) is 6.78. The zero-order valence-corrected chi connectivity index (χ0v) is 4.88. The second-order valence-corrected chi connectivity index (χ2v) is 2.37. The maximum atomic E-state index is 9.83. The summed E-state index contributed by atoms with van der Waals surface area (Å²) in [6.45, 7) is 2.91. The molecule has 0 saturated heterocycles. The highest BCUT2D eigenvalue weighted by Crippen LogP contribution is 2.29. The average Bonchev–Trinajstić information content (AvgIpc) is 1.67. The zero-order valence-electron chi connectivity index (χ0n) is 3.98. The largest absolute Gasteiger partial charge is 0.577 e. The van der Waals surface area contributed by atoms with Crippen LogP contribution in [0, 0.1) is 0 Å². The lowest BCUT2D eigenvalue weighted by Gasteiger charge is -1.96. The van der Waals surface area contributed by atoms with Gasteiger partial charge in [-0.15, -0.1) is 0 Å². The van der Waals surface area contributed by atoms with Crippen LogP contribution in [0.1, 0.15) is 0 Å². The molecular formula is C3H6O4P+. The Kier molecular flexibility index (Phi) is 2.25.